The molecule has 1 amide bonds. The molecule has 0 fully saturated rings. The molecule has 2 aromatic carbocycles. The predicted octanol–water partition coefficient (Wildman–Crippen LogP) is -7.06. The van der Waals surface area contributed by atoms with Crippen LogP contribution >= 0.6 is 0 Å². The van der Waals surface area contributed by atoms with E-state index >= 15 is 0 Å². The quantitative estimate of drug-likeness (QED) is 0.152. The second-order valence-corrected chi connectivity index (χ2v) is 6.26. The molecule has 17 heteroatoms. The topological polar surface area (TPSA) is 404 Å². The van der Waals surface area contributed by atoms with Crippen LogP contribution in [0.1, 0.15) is 20.7 Å². The van der Waals surface area contributed by atoms with Gasteiger partial charge in [0, 0.05) is 26.5 Å². The number of carboxylic acids is 2. The molecule has 0 atom stereocenters. The van der Waals surface area contributed by atoms with Gasteiger partial charge in [0.1, 0.15) is 0 Å². The van der Waals surface area contributed by atoms with Gasteiger partial charge in [0.2, 0.25) is 6.41 Å². The van der Waals surface area contributed by atoms with Crippen LogP contribution in [0.3, 0.4) is 0 Å². The summed E-state index contributed by atoms with van der Waals surface area (Å²) in [5.41, 5.74) is 2.72. The molecule has 0 unspecified atom stereocenters. The summed E-state index contributed by atoms with van der Waals surface area (Å²) < 4.78 is 0. The van der Waals surface area contributed by atoms with Crippen LogP contribution in [0.25, 0.3) is 22.3 Å². The zero-order chi connectivity index (χ0) is 21.4. The van der Waals surface area contributed by atoms with Gasteiger partial charge in [-0.3, -0.25) is 9.78 Å². The van der Waals surface area contributed by atoms with Gasteiger partial charge in [0.25, 0.3) is 0 Å². The number of nitrogens with zero attached hydrogens (tertiary/aromatic N) is 2. The molecule has 0 saturated carbocycles. The fourth-order valence-corrected chi connectivity index (χ4v) is 2.43. The Morgan fingerprint density at radius 2 is 0.923 bits per heavy atom. The number of rotatable bonds is 5. The summed E-state index contributed by atoms with van der Waals surface area (Å²) in [6, 6.07) is 14.9. The van der Waals surface area contributed by atoms with Crippen LogP contribution in [0.15, 0.2) is 67.0 Å². The normalized spacial score (nSPS) is 7.23. The first kappa shape index (κ1) is 59.9. The second-order valence-electron chi connectivity index (χ2n) is 6.26. The molecule has 23 N–H and O–H groups in total. The Morgan fingerprint density at radius 3 is 1.21 bits per heavy atom. The molecule has 0 aliphatic rings. The third kappa shape index (κ3) is 18.1. The number of carboxylic acid groups (broad SMARTS) is 2. The Bertz CT molecular complexity index is 991. The van der Waals surface area contributed by atoms with Crippen LogP contribution < -0.4 is 10.2 Å². The number of aromatic carboxylic acids is 2. The third-order valence-electron chi connectivity index (χ3n) is 3.85. The van der Waals surface area contributed by atoms with Crippen molar-refractivity contribution < 1.29 is 90.4 Å². The van der Waals surface area contributed by atoms with Crippen molar-refractivity contribution in [3.05, 3.63) is 78.1 Å². The SMILES string of the molecule is CN(C)C=O.O.O.O.O.O=C([O-])c1cc(C(=O)[O-])cc(-c2ccc(-c3ccncc3)cc2)c1.[Ni+2].[OH3+].[OH3+].[OH3+].[OH3+].[OH3+]. The maximum absolute atomic E-state index is 11.1. The molecule has 16 nitrogen and oxygen atoms in total. The molecule has 0 bridgehead atoms. The molecule has 0 spiro atoms. The number of benzene rings is 2. The van der Waals surface area contributed by atoms with Crippen molar-refractivity contribution >= 4 is 18.3 Å². The molecule has 0 radical (unpaired) electrons. The van der Waals surface area contributed by atoms with Crippen molar-refractivity contribution in [1.82, 2.24) is 9.88 Å². The van der Waals surface area contributed by atoms with Gasteiger partial charge in [0.15, 0.2) is 0 Å². The minimum atomic E-state index is -1.44. The summed E-state index contributed by atoms with van der Waals surface area (Å²) in [6.45, 7) is 0. The minimum Gasteiger partial charge on any atom is -0.545 e. The summed E-state index contributed by atoms with van der Waals surface area (Å²) in [5.74, 6) is -2.87. The van der Waals surface area contributed by atoms with Crippen molar-refractivity contribution in [2.24, 2.45) is 0 Å². The standard InChI is InChI=1S/C19H13NO4.C3H7NO.Ni.9H2O/c21-18(22)16-9-15(10-17(11-16)19(23)24)13-3-1-12(2-4-13)14-5-7-20-8-6-14;1-4(2)3-5;;;;;;;;;;/h1-11H,(H,21,22)(H,23,24);3H,1-2H3;;9*1H2/q;;+2;;;;;;;;;/p+3. The first-order chi connectivity index (χ1) is 13.8. The molecular formula is C22H41N2NiO14+5. The number of aromatic nitrogens is 1. The summed E-state index contributed by atoms with van der Waals surface area (Å²) in [5, 5.41) is 22.1. The van der Waals surface area contributed by atoms with E-state index in [4.69, 9.17) is 0 Å². The van der Waals surface area contributed by atoms with Crippen molar-refractivity contribution in [3.8, 4) is 22.3 Å². The molecule has 3 aromatic rings. The van der Waals surface area contributed by atoms with E-state index in [2.05, 4.69) is 4.98 Å². The molecule has 0 aliphatic carbocycles. The average Bonchev–Trinajstić information content (AvgIpc) is 2.74. The minimum absolute atomic E-state index is 0. The molecule has 3 rings (SSSR count). The van der Waals surface area contributed by atoms with E-state index in [1.807, 2.05) is 24.3 Å². The zero-order valence-corrected chi connectivity index (χ0v) is 22.1. The third-order valence-corrected chi connectivity index (χ3v) is 3.85. The Hall–Kier alpha value is -3.87. The summed E-state index contributed by atoms with van der Waals surface area (Å²) in [4.78, 5) is 37.0. The first-order valence-corrected chi connectivity index (χ1v) is 8.52. The second kappa shape index (κ2) is 28.7. The van der Waals surface area contributed by atoms with E-state index in [0.717, 1.165) is 23.6 Å². The molecule has 228 valence electrons. The van der Waals surface area contributed by atoms with Gasteiger partial charge in [-0.15, -0.1) is 0 Å². The molecule has 0 saturated heterocycles. The monoisotopic (exact) mass is 615 g/mol. The fourth-order valence-electron chi connectivity index (χ4n) is 2.43. The van der Waals surface area contributed by atoms with Gasteiger partial charge in [-0.1, -0.05) is 24.3 Å². The van der Waals surface area contributed by atoms with Crippen LogP contribution in [0.4, 0.5) is 0 Å². The van der Waals surface area contributed by atoms with Crippen molar-refractivity contribution in [2.45, 2.75) is 0 Å². The van der Waals surface area contributed by atoms with Crippen LogP contribution in [-0.4, -0.2) is 64.2 Å². The summed E-state index contributed by atoms with van der Waals surface area (Å²) in [6.07, 6.45) is 4.14. The van der Waals surface area contributed by atoms with E-state index in [0.29, 0.717) is 11.1 Å². The number of carbonyl (C=O) groups excluding carboxylic acids is 3. The maximum atomic E-state index is 11.1. The largest absolute Gasteiger partial charge is 2.00 e. The Balaban J connectivity index is -0.0000000793. The van der Waals surface area contributed by atoms with E-state index in [-0.39, 0.29) is 76.9 Å². The Morgan fingerprint density at radius 1 is 0.641 bits per heavy atom. The maximum Gasteiger partial charge on any atom is 2.00 e. The number of hydrogen-bond donors (Lipinski definition) is 0. The molecule has 0 aliphatic heterocycles. The number of hydrogen-bond acceptors (Lipinski definition) is 6. The van der Waals surface area contributed by atoms with Crippen molar-refractivity contribution in [3.63, 3.8) is 0 Å². The van der Waals surface area contributed by atoms with E-state index < -0.39 is 11.9 Å². The van der Waals surface area contributed by atoms with Crippen molar-refractivity contribution in [2.75, 3.05) is 14.1 Å². The van der Waals surface area contributed by atoms with Crippen LogP contribution in [0, 0.1) is 0 Å². The van der Waals surface area contributed by atoms with Gasteiger partial charge in [-0.05, 0) is 63.7 Å². The van der Waals surface area contributed by atoms with Crippen LogP contribution in [0.5, 0.6) is 0 Å². The smallest absolute Gasteiger partial charge is 0.545 e. The summed E-state index contributed by atoms with van der Waals surface area (Å²) in [7, 11) is 3.38. The number of amides is 1. The van der Waals surface area contributed by atoms with Gasteiger partial charge >= 0.3 is 16.5 Å². The molecule has 39 heavy (non-hydrogen) atoms. The predicted molar refractivity (Wildman–Crippen MR) is 142 cm³/mol. The number of pyridine rings is 1. The Labute approximate surface area is 233 Å². The van der Waals surface area contributed by atoms with E-state index in [1.165, 1.54) is 17.0 Å². The van der Waals surface area contributed by atoms with Crippen LogP contribution in [0.2, 0.25) is 0 Å². The van der Waals surface area contributed by atoms with Crippen molar-refractivity contribution in [1.29, 1.82) is 0 Å². The van der Waals surface area contributed by atoms with Gasteiger partial charge in [-0.25, -0.2) is 0 Å². The first-order valence-electron chi connectivity index (χ1n) is 8.52. The number of carbonyl (C=O) groups is 3. The van der Waals surface area contributed by atoms with Gasteiger partial charge in [-0.2, -0.15) is 0 Å². The average molecular weight is 616 g/mol. The van der Waals surface area contributed by atoms with Gasteiger partial charge in [0.05, 0.1) is 11.9 Å². The van der Waals surface area contributed by atoms with E-state index in [9.17, 15) is 24.6 Å². The summed E-state index contributed by atoms with van der Waals surface area (Å²) >= 11 is 0. The van der Waals surface area contributed by atoms with Crippen LogP contribution in [-0.2, 0) is 48.7 Å². The molecule has 1 aromatic heterocycles. The molecule has 1 heterocycles. The Kier molecular flexibility index (Phi) is 44.1. The van der Waals surface area contributed by atoms with Gasteiger partial charge < -0.3 is 74.0 Å². The fraction of sp³-hybridized carbons (Fsp3) is 0.0909. The molecular weight excluding hydrogens is 575 g/mol. The van der Waals surface area contributed by atoms with E-state index in [1.54, 1.807) is 38.6 Å². The zero-order valence-electron chi connectivity index (χ0n) is 21.1.